The summed E-state index contributed by atoms with van der Waals surface area (Å²) in [6.07, 6.45) is 3.48. The summed E-state index contributed by atoms with van der Waals surface area (Å²) in [4.78, 5) is 16.3. The summed E-state index contributed by atoms with van der Waals surface area (Å²) in [5.41, 5.74) is 0.431. The number of amides is 1. The van der Waals surface area contributed by atoms with Gasteiger partial charge in [-0.05, 0) is 31.9 Å². The van der Waals surface area contributed by atoms with E-state index in [2.05, 4.69) is 36.4 Å². The molecule has 94 valence electrons. The molecular formula is C13H21N3O. The fourth-order valence-electron chi connectivity index (χ4n) is 1.56. The minimum absolute atomic E-state index is 0.0753. The molecule has 4 heteroatoms. The van der Waals surface area contributed by atoms with Crippen LogP contribution in [-0.2, 0) is 0 Å². The van der Waals surface area contributed by atoms with Crippen LogP contribution >= 0.6 is 0 Å². The van der Waals surface area contributed by atoms with Crippen molar-refractivity contribution in [3.63, 3.8) is 0 Å². The Hall–Kier alpha value is -1.58. The van der Waals surface area contributed by atoms with Gasteiger partial charge in [-0.1, -0.05) is 13.8 Å². The van der Waals surface area contributed by atoms with Gasteiger partial charge in [0.05, 0.1) is 5.56 Å². The third kappa shape index (κ3) is 3.19. The van der Waals surface area contributed by atoms with Gasteiger partial charge in [0.25, 0.3) is 5.91 Å². The molecule has 2 N–H and O–H groups in total. The fourth-order valence-corrected chi connectivity index (χ4v) is 1.56. The van der Waals surface area contributed by atoms with Crippen LogP contribution < -0.4 is 10.6 Å². The van der Waals surface area contributed by atoms with E-state index < -0.39 is 0 Å². The van der Waals surface area contributed by atoms with Crippen LogP contribution in [0.5, 0.6) is 0 Å². The van der Waals surface area contributed by atoms with E-state index in [-0.39, 0.29) is 11.4 Å². The van der Waals surface area contributed by atoms with E-state index in [1.165, 1.54) is 0 Å². The second kappa shape index (κ2) is 5.66. The maximum Gasteiger partial charge on any atom is 0.255 e. The van der Waals surface area contributed by atoms with Crippen molar-refractivity contribution in [3.05, 3.63) is 23.9 Å². The zero-order valence-electron chi connectivity index (χ0n) is 11.0. The Morgan fingerprint density at radius 1 is 1.41 bits per heavy atom. The summed E-state index contributed by atoms with van der Waals surface area (Å²) in [6, 6.07) is 3.55. The molecule has 1 rings (SSSR count). The highest BCUT2D eigenvalue weighted by molar-refractivity contribution is 5.99. The first-order chi connectivity index (χ1) is 8.06. The molecule has 1 heterocycles. The zero-order valence-corrected chi connectivity index (χ0v) is 11.0. The van der Waals surface area contributed by atoms with Gasteiger partial charge in [-0.15, -0.1) is 0 Å². The Labute approximate surface area is 103 Å². The van der Waals surface area contributed by atoms with Crippen molar-refractivity contribution in [1.29, 1.82) is 0 Å². The van der Waals surface area contributed by atoms with Gasteiger partial charge in [-0.2, -0.15) is 0 Å². The van der Waals surface area contributed by atoms with Crippen molar-refractivity contribution in [2.24, 2.45) is 0 Å². The van der Waals surface area contributed by atoms with Gasteiger partial charge in [0, 0.05) is 18.8 Å². The number of carbonyl (C=O) groups is 1. The molecule has 0 saturated carbocycles. The maximum absolute atomic E-state index is 12.2. The Kier molecular flexibility index (Phi) is 4.49. The summed E-state index contributed by atoms with van der Waals surface area (Å²) < 4.78 is 0. The minimum Gasteiger partial charge on any atom is -0.372 e. The van der Waals surface area contributed by atoms with Gasteiger partial charge in [0.2, 0.25) is 0 Å². The third-order valence-corrected chi connectivity index (χ3v) is 3.27. The molecule has 0 aliphatic carbocycles. The number of anilines is 1. The number of hydrogen-bond donors (Lipinski definition) is 2. The second-order valence-electron chi connectivity index (χ2n) is 4.37. The molecular weight excluding hydrogens is 214 g/mol. The lowest BCUT2D eigenvalue weighted by molar-refractivity contribution is 0.0901. The number of rotatable bonds is 5. The molecule has 17 heavy (non-hydrogen) atoms. The quantitative estimate of drug-likeness (QED) is 0.824. The van der Waals surface area contributed by atoms with E-state index in [0.717, 1.165) is 12.8 Å². The molecule has 0 bridgehead atoms. The number of carbonyl (C=O) groups excluding carboxylic acids is 1. The molecule has 0 fully saturated rings. The lowest BCUT2D eigenvalue weighted by Crippen LogP contribution is -2.45. The van der Waals surface area contributed by atoms with Crippen LogP contribution in [0.2, 0.25) is 0 Å². The van der Waals surface area contributed by atoms with Crippen LogP contribution in [0, 0.1) is 0 Å². The standard InChI is InChI=1S/C13H21N3O/c1-5-13(3,6-2)16-12(17)10-8-7-9-15-11(10)14-4/h7-9H,5-6H2,1-4H3,(H,14,15)(H,16,17). The van der Waals surface area contributed by atoms with E-state index in [1.807, 2.05) is 0 Å². The average Bonchev–Trinajstić information content (AvgIpc) is 2.38. The summed E-state index contributed by atoms with van der Waals surface area (Å²) in [7, 11) is 1.76. The number of nitrogens with one attached hydrogen (secondary N) is 2. The molecule has 0 unspecified atom stereocenters. The Balaban J connectivity index is 2.90. The van der Waals surface area contributed by atoms with Gasteiger partial charge in [0.15, 0.2) is 0 Å². The number of nitrogens with zero attached hydrogens (tertiary/aromatic N) is 1. The van der Waals surface area contributed by atoms with Crippen LogP contribution in [-0.4, -0.2) is 23.5 Å². The predicted molar refractivity (Wildman–Crippen MR) is 70.2 cm³/mol. The highest BCUT2D eigenvalue weighted by Crippen LogP contribution is 2.17. The average molecular weight is 235 g/mol. The molecule has 0 aliphatic rings. The number of pyridine rings is 1. The number of hydrogen-bond acceptors (Lipinski definition) is 3. The van der Waals surface area contributed by atoms with Gasteiger partial charge in [-0.25, -0.2) is 4.98 Å². The van der Waals surface area contributed by atoms with Crippen LogP contribution in [0.15, 0.2) is 18.3 Å². The van der Waals surface area contributed by atoms with Gasteiger partial charge >= 0.3 is 0 Å². The Morgan fingerprint density at radius 3 is 2.59 bits per heavy atom. The second-order valence-corrected chi connectivity index (χ2v) is 4.37. The first kappa shape index (κ1) is 13.5. The smallest absolute Gasteiger partial charge is 0.255 e. The Morgan fingerprint density at radius 2 is 2.06 bits per heavy atom. The van der Waals surface area contributed by atoms with Crippen LogP contribution in [0.3, 0.4) is 0 Å². The van der Waals surface area contributed by atoms with E-state index in [1.54, 1.807) is 25.4 Å². The van der Waals surface area contributed by atoms with Crippen molar-refractivity contribution >= 4 is 11.7 Å². The molecule has 0 aliphatic heterocycles. The summed E-state index contributed by atoms with van der Waals surface area (Å²) >= 11 is 0. The molecule has 1 aromatic rings. The predicted octanol–water partition coefficient (Wildman–Crippen LogP) is 2.43. The normalized spacial score (nSPS) is 11.1. The maximum atomic E-state index is 12.2. The lowest BCUT2D eigenvalue weighted by atomic mass is 9.95. The molecule has 1 amide bonds. The van der Waals surface area contributed by atoms with Crippen LogP contribution in [0.1, 0.15) is 44.0 Å². The topological polar surface area (TPSA) is 54.0 Å². The van der Waals surface area contributed by atoms with Crippen molar-refractivity contribution in [1.82, 2.24) is 10.3 Å². The molecule has 4 nitrogen and oxygen atoms in total. The third-order valence-electron chi connectivity index (χ3n) is 3.27. The largest absolute Gasteiger partial charge is 0.372 e. The molecule has 0 aromatic carbocycles. The monoisotopic (exact) mass is 235 g/mol. The van der Waals surface area contributed by atoms with Gasteiger partial charge in [0.1, 0.15) is 5.82 Å². The Bertz CT molecular complexity index is 386. The number of aromatic nitrogens is 1. The van der Waals surface area contributed by atoms with E-state index in [0.29, 0.717) is 11.4 Å². The van der Waals surface area contributed by atoms with Crippen molar-refractivity contribution < 1.29 is 4.79 Å². The summed E-state index contributed by atoms with van der Waals surface area (Å²) in [6.45, 7) is 6.21. The van der Waals surface area contributed by atoms with E-state index in [4.69, 9.17) is 0 Å². The fraction of sp³-hybridized carbons (Fsp3) is 0.538. The van der Waals surface area contributed by atoms with Crippen LogP contribution in [0.25, 0.3) is 0 Å². The van der Waals surface area contributed by atoms with E-state index >= 15 is 0 Å². The summed E-state index contributed by atoms with van der Waals surface area (Å²) in [5.74, 6) is 0.535. The molecule has 0 saturated heterocycles. The first-order valence-electron chi connectivity index (χ1n) is 6.01. The van der Waals surface area contributed by atoms with E-state index in [9.17, 15) is 4.79 Å². The van der Waals surface area contributed by atoms with Crippen molar-refractivity contribution in [2.75, 3.05) is 12.4 Å². The first-order valence-corrected chi connectivity index (χ1v) is 6.01. The minimum atomic E-state index is -0.155. The molecule has 1 aromatic heterocycles. The summed E-state index contributed by atoms with van der Waals surface area (Å²) in [5, 5.41) is 5.99. The molecule has 0 radical (unpaired) electrons. The zero-order chi connectivity index (χ0) is 12.9. The van der Waals surface area contributed by atoms with Gasteiger partial charge in [-0.3, -0.25) is 4.79 Å². The highest BCUT2D eigenvalue weighted by atomic mass is 16.1. The highest BCUT2D eigenvalue weighted by Gasteiger charge is 2.23. The SMILES string of the molecule is CCC(C)(CC)NC(=O)c1cccnc1NC. The van der Waals surface area contributed by atoms with Crippen molar-refractivity contribution in [2.45, 2.75) is 39.2 Å². The van der Waals surface area contributed by atoms with Crippen LogP contribution in [0.4, 0.5) is 5.82 Å². The van der Waals surface area contributed by atoms with Gasteiger partial charge < -0.3 is 10.6 Å². The van der Waals surface area contributed by atoms with Crippen molar-refractivity contribution in [3.8, 4) is 0 Å². The lowest BCUT2D eigenvalue weighted by Gasteiger charge is -2.28. The molecule has 0 atom stereocenters. The molecule has 0 spiro atoms.